The fraction of sp³-hybridized carbons (Fsp3) is 0.375. The van der Waals surface area contributed by atoms with Gasteiger partial charge in [-0.3, -0.25) is 9.69 Å². The molecule has 126 valence electrons. The lowest BCUT2D eigenvalue weighted by atomic mass is 10.1. The quantitative estimate of drug-likeness (QED) is 0.640. The summed E-state index contributed by atoms with van der Waals surface area (Å²) in [5, 5.41) is 2.42. The largest absolute Gasteiger partial charge is 0.460 e. The van der Waals surface area contributed by atoms with Gasteiger partial charge >= 0.3 is 18.0 Å². The van der Waals surface area contributed by atoms with Crippen LogP contribution >= 0.6 is 0 Å². The van der Waals surface area contributed by atoms with Crippen LogP contribution in [0.4, 0.5) is 4.79 Å². The molecule has 2 saturated heterocycles. The Kier molecular flexibility index (Phi) is 4.20. The van der Waals surface area contributed by atoms with Crippen molar-refractivity contribution in [3.05, 3.63) is 35.4 Å². The summed E-state index contributed by atoms with van der Waals surface area (Å²) in [6.07, 6.45) is -0.923. The SMILES string of the molecule is CC1CC(OC(=O)c2ccccc2CN2C(=O)CNC2=O)C(=O)O1. The predicted octanol–water partition coefficient (Wildman–Crippen LogP) is 0.599. The van der Waals surface area contributed by atoms with E-state index in [1.807, 2.05) is 0 Å². The van der Waals surface area contributed by atoms with Gasteiger partial charge in [-0.05, 0) is 18.6 Å². The van der Waals surface area contributed by atoms with Crippen LogP contribution in [0.5, 0.6) is 0 Å². The molecule has 0 saturated carbocycles. The maximum atomic E-state index is 12.4. The predicted molar refractivity (Wildman–Crippen MR) is 79.8 cm³/mol. The normalized spacial score (nSPS) is 23.2. The van der Waals surface area contributed by atoms with E-state index in [0.29, 0.717) is 12.0 Å². The molecule has 2 heterocycles. The number of carbonyl (C=O) groups is 4. The molecule has 8 heteroatoms. The highest BCUT2D eigenvalue weighted by atomic mass is 16.6. The van der Waals surface area contributed by atoms with E-state index < -0.39 is 24.1 Å². The number of amides is 3. The number of benzene rings is 1. The molecule has 2 aliphatic rings. The molecule has 0 aromatic heterocycles. The van der Waals surface area contributed by atoms with Crippen LogP contribution in [0.25, 0.3) is 0 Å². The number of esters is 2. The van der Waals surface area contributed by atoms with Crippen molar-refractivity contribution in [1.29, 1.82) is 0 Å². The van der Waals surface area contributed by atoms with Crippen molar-refractivity contribution in [2.45, 2.75) is 32.1 Å². The van der Waals surface area contributed by atoms with Crippen molar-refractivity contribution in [1.82, 2.24) is 10.2 Å². The number of rotatable bonds is 4. The zero-order chi connectivity index (χ0) is 17.3. The number of hydrogen-bond acceptors (Lipinski definition) is 6. The smallest absolute Gasteiger partial charge is 0.347 e. The highest BCUT2D eigenvalue weighted by molar-refractivity contribution is 6.02. The van der Waals surface area contributed by atoms with E-state index in [-0.39, 0.29) is 30.7 Å². The summed E-state index contributed by atoms with van der Waals surface area (Å²) in [5.41, 5.74) is 0.671. The van der Waals surface area contributed by atoms with Crippen LogP contribution in [0.1, 0.15) is 29.3 Å². The monoisotopic (exact) mass is 332 g/mol. The zero-order valence-corrected chi connectivity index (χ0v) is 13.0. The van der Waals surface area contributed by atoms with E-state index in [1.54, 1.807) is 25.1 Å². The van der Waals surface area contributed by atoms with Crippen LogP contribution < -0.4 is 5.32 Å². The molecule has 24 heavy (non-hydrogen) atoms. The number of nitrogens with zero attached hydrogens (tertiary/aromatic N) is 1. The van der Waals surface area contributed by atoms with E-state index in [9.17, 15) is 19.2 Å². The van der Waals surface area contributed by atoms with Crippen molar-refractivity contribution in [2.24, 2.45) is 0 Å². The third-order valence-electron chi connectivity index (χ3n) is 3.88. The minimum atomic E-state index is -0.933. The summed E-state index contributed by atoms with van der Waals surface area (Å²) >= 11 is 0. The summed E-state index contributed by atoms with van der Waals surface area (Å²) < 4.78 is 10.2. The Labute approximate surface area is 137 Å². The first-order chi connectivity index (χ1) is 11.5. The van der Waals surface area contributed by atoms with Crippen LogP contribution in [-0.4, -0.2) is 47.5 Å². The van der Waals surface area contributed by atoms with E-state index in [2.05, 4.69) is 5.32 Å². The minimum Gasteiger partial charge on any atom is -0.460 e. The van der Waals surface area contributed by atoms with E-state index in [0.717, 1.165) is 4.90 Å². The van der Waals surface area contributed by atoms with Crippen molar-refractivity contribution in [3.63, 3.8) is 0 Å². The highest BCUT2D eigenvalue weighted by Gasteiger charge is 2.36. The molecule has 0 radical (unpaired) electrons. The summed E-state index contributed by atoms with van der Waals surface area (Å²) in [7, 11) is 0. The number of ether oxygens (including phenoxy) is 2. The maximum absolute atomic E-state index is 12.4. The molecule has 0 spiro atoms. The van der Waals surface area contributed by atoms with Crippen LogP contribution in [0.15, 0.2) is 24.3 Å². The molecular formula is C16H16N2O6. The molecule has 1 aromatic rings. The number of hydrogen-bond donors (Lipinski definition) is 1. The second kappa shape index (κ2) is 6.31. The average Bonchev–Trinajstić information content (AvgIpc) is 3.03. The van der Waals surface area contributed by atoms with Gasteiger partial charge in [-0.2, -0.15) is 0 Å². The number of nitrogens with one attached hydrogen (secondary N) is 1. The molecule has 2 atom stereocenters. The maximum Gasteiger partial charge on any atom is 0.347 e. The third kappa shape index (κ3) is 3.08. The van der Waals surface area contributed by atoms with Crippen molar-refractivity contribution in [2.75, 3.05) is 6.54 Å². The van der Waals surface area contributed by atoms with Gasteiger partial charge in [0.1, 0.15) is 6.10 Å². The Hall–Kier alpha value is -2.90. The zero-order valence-electron chi connectivity index (χ0n) is 13.0. The number of imide groups is 1. The Bertz CT molecular complexity index is 700. The topological polar surface area (TPSA) is 102 Å². The fourth-order valence-electron chi connectivity index (χ4n) is 2.65. The number of carbonyl (C=O) groups excluding carboxylic acids is 4. The lowest BCUT2D eigenvalue weighted by molar-refractivity contribution is -0.147. The summed E-state index contributed by atoms with van der Waals surface area (Å²) in [6.45, 7) is 1.62. The van der Waals surface area contributed by atoms with Gasteiger partial charge in [0, 0.05) is 6.42 Å². The van der Waals surface area contributed by atoms with Crippen LogP contribution in [0.2, 0.25) is 0 Å². The fourth-order valence-corrected chi connectivity index (χ4v) is 2.65. The summed E-state index contributed by atoms with van der Waals surface area (Å²) in [6, 6.07) is 5.99. The molecule has 1 N–H and O–H groups in total. The van der Waals surface area contributed by atoms with Gasteiger partial charge in [-0.1, -0.05) is 18.2 Å². The van der Waals surface area contributed by atoms with Gasteiger partial charge in [0.25, 0.3) is 0 Å². The Morgan fingerprint density at radius 3 is 2.71 bits per heavy atom. The van der Waals surface area contributed by atoms with Crippen LogP contribution in [0, 0.1) is 0 Å². The molecular weight excluding hydrogens is 316 g/mol. The molecule has 3 rings (SSSR count). The van der Waals surface area contributed by atoms with Crippen molar-refractivity contribution < 1.29 is 28.7 Å². The minimum absolute atomic E-state index is 0.0402. The first-order valence-corrected chi connectivity index (χ1v) is 7.53. The molecule has 1 aromatic carbocycles. The average molecular weight is 332 g/mol. The van der Waals surface area contributed by atoms with Gasteiger partial charge < -0.3 is 14.8 Å². The third-order valence-corrected chi connectivity index (χ3v) is 3.88. The Balaban J connectivity index is 1.76. The molecule has 0 aliphatic carbocycles. The lowest BCUT2D eigenvalue weighted by Gasteiger charge is -2.16. The number of urea groups is 1. The van der Waals surface area contributed by atoms with Crippen molar-refractivity contribution >= 4 is 23.9 Å². The van der Waals surface area contributed by atoms with Gasteiger partial charge in [-0.25, -0.2) is 14.4 Å². The van der Waals surface area contributed by atoms with Crippen molar-refractivity contribution in [3.8, 4) is 0 Å². The molecule has 2 unspecified atom stereocenters. The second-order valence-electron chi connectivity index (χ2n) is 5.67. The molecule has 8 nitrogen and oxygen atoms in total. The lowest BCUT2D eigenvalue weighted by Crippen LogP contribution is -2.31. The van der Waals surface area contributed by atoms with Gasteiger partial charge in [0.15, 0.2) is 0 Å². The molecule has 3 amide bonds. The second-order valence-corrected chi connectivity index (χ2v) is 5.67. The van der Waals surface area contributed by atoms with Crippen LogP contribution in [0.3, 0.4) is 0 Å². The van der Waals surface area contributed by atoms with Gasteiger partial charge in [0.05, 0.1) is 18.7 Å². The standard InChI is InChI=1S/C16H16N2O6/c1-9-6-12(15(21)23-9)24-14(20)11-5-3-2-4-10(11)8-18-13(19)7-17-16(18)22/h2-5,9,12H,6-8H2,1H3,(H,17,22). The van der Waals surface area contributed by atoms with E-state index in [4.69, 9.17) is 9.47 Å². The van der Waals surface area contributed by atoms with Gasteiger partial charge in [0.2, 0.25) is 12.0 Å². The Morgan fingerprint density at radius 1 is 1.33 bits per heavy atom. The first-order valence-electron chi connectivity index (χ1n) is 7.53. The Morgan fingerprint density at radius 2 is 2.08 bits per heavy atom. The summed E-state index contributed by atoms with van der Waals surface area (Å²) in [5.74, 6) is -1.62. The molecule has 0 bridgehead atoms. The first kappa shape index (κ1) is 16.0. The van der Waals surface area contributed by atoms with Gasteiger partial charge in [-0.15, -0.1) is 0 Å². The highest BCUT2D eigenvalue weighted by Crippen LogP contribution is 2.21. The molecule has 2 fully saturated rings. The number of cyclic esters (lactones) is 1. The van der Waals surface area contributed by atoms with E-state index in [1.165, 1.54) is 6.07 Å². The summed E-state index contributed by atoms with van der Waals surface area (Å²) in [4.78, 5) is 48.3. The molecule has 2 aliphatic heterocycles. The van der Waals surface area contributed by atoms with Crippen LogP contribution in [-0.2, 0) is 25.6 Å². The van der Waals surface area contributed by atoms with E-state index >= 15 is 0 Å².